The van der Waals surface area contributed by atoms with Crippen molar-refractivity contribution >= 4 is 17.6 Å². The molecule has 2 heterocycles. The first-order valence-corrected chi connectivity index (χ1v) is 11.5. The van der Waals surface area contributed by atoms with Crippen LogP contribution in [0.5, 0.6) is 0 Å². The minimum atomic E-state index is -0.511. The van der Waals surface area contributed by atoms with E-state index < -0.39 is 6.10 Å². The van der Waals surface area contributed by atoms with Gasteiger partial charge in [-0.25, -0.2) is 4.79 Å². The van der Waals surface area contributed by atoms with E-state index >= 15 is 0 Å². The lowest BCUT2D eigenvalue weighted by molar-refractivity contribution is -0.165. The van der Waals surface area contributed by atoms with Crippen molar-refractivity contribution in [2.45, 2.75) is 63.1 Å². The highest BCUT2D eigenvalue weighted by molar-refractivity contribution is 6.30. The fourth-order valence-corrected chi connectivity index (χ4v) is 5.12. The highest BCUT2D eigenvalue weighted by atomic mass is 35.5. The highest BCUT2D eigenvalue weighted by Gasteiger charge is 2.38. The van der Waals surface area contributed by atoms with Gasteiger partial charge in [0.2, 0.25) is 0 Å². The number of carbonyl (C=O) groups is 1. The second-order valence-corrected chi connectivity index (χ2v) is 9.30. The quantitative estimate of drug-likeness (QED) is 0.653. The first kappa shape index (κ1) is 22.3. The van der Waals surface area contributed by atoms with Gasteiger partial charge in [0.15, 0.2) is 6.10 Å². The van der Waals surface area contributed by atoms with Crippen LogP contribution >= 0.6 is 11.6 Å². The SMILES string of the molecule is COC(=O)C1CN(C2CCC(c3cc(C)n(C)n3)CC2)C(Cc2ccc(Cl)cc2)CO1. The van der Waals surface area contributed by atoms with Crippen LogP contribution in [-0.2, 0) is 27.7 Å². The summed E-state index contributed by atoms with van der Waals surface area (Å²) in [6, 6.07) is 10.9. The standard InChI is InChI=1S/C24H32ClN3O3/c1-16-12-22(26-27(16)2)18-6-10-20(11-7-18)28-14-23(24(29)30-3)31-15-21(28)13-17-4-8-19(25)9-5-17/h4-5,8-9,12,18,20-21,23H,6-7,10-11,13-15H2,1-3H3. The van der Waals surface area contributed by atoms with E-state index in [-0.39, 0.29) is 12.0 Å². The monoisotopic (exact) mass is 445 g/mol. The Balaban J connectivity index is 1.45. The molecular weight excluding hydrogens is 414 g/mol. The number of carbonyl (C=O) groups excluding carboxylic acids is 1. The number of aryl methyl sites for hydroxylation is 2. The minimum Gasteiger partial charge on any atom is -0.467 e. The van der Waals surface area contributed by atoms with E-state index in [9.17, 15) is 4.79 Å². The normalized spacial score (nSPS) is 27.2. The van der Waals surface area contributed by atoms with Crippen LogP contribution in [0.15, 0.2) is 30.3 Å². The van der Waals surface area contributed by atoms with Crippen molar-refractivity contribution < 1.29 is 14.3 Å². The molecule has 168 valence electrons. The van der Waals surface area contributed by atoms with Crippen LogP contribution in [0.2, 0.25) is 5.02 Å². The second-order valence-electron chi connectivity index (χ2n) is 8.87. The molecule has 4 rings (SSSR count). The summed E-state index contributed by atoms with van der Waals surface area (Å²) in [4.78, 5) is 14.7. The zero-order valence-electron chi connectivity index (χ0n) is 18.6. The number of ether oxygens (including phenoxy) is 2. The van der Waals surface area contributed by atoms with Crippen LogP contribution < -0.4 is 0 Å². The highest BCUT2D eigenvalue weighted by Crippen LogP contribution is 2.36. The van der Waals surface area contributed by atoms with Crippen molar-refractivity contribution in [1.82, 2.24) is 14.7 Å². The number of benzene rings is 1. The summed E-state index contributed by atoms with van der Waals surface area (Å²) in [5.74, 6) is 0.232. The Morgan fingerprint density at radius 1 is 1.23 bits per heavy atom. The maximum absolute atomic E-state index is 12.2. The van der Waals surface area contributed by atoms with Crippen molar-refractivity contribution in [3.8, 4) is 0 Å². The summed E-state index contributed by atoms with van der Waals surface area (Å²) >= 11 is 6.06. The molecule has 31 heavy (non-hydrogen) atoms. The van der Waals surface area contributed by atoms with Gasteiger partial charge >= 0.3 is 5.97 Å². The van der Waals surface area contributed by atoms with Crippen molar-refractivity contribution in [1.29, 1.82) is 0 Å². The van der Waals surface area contributed by atoms with Crippen LogP contribution in [0.4, 0.5) is 0 Å². The Bertz CT molecular complexity index is 870. The smallest absolute Gasteiger partial charge is 0.336 e. The number of hydrogen-bond donors (Lipinski definition) is 0. The van der Waals surface area contributed by atoms with Crippen LogP contribution in [0.1, 0.15) is 48.6 Å². The van der Waals surface area contributed by atoms with Gasteiger partial charge in [-0.15, -0.1) is 0 Å². The molecule has 0 N–H and O–H groups in total. The molecule has 1 aromatic carbocycles. The molecule has 1 aliphatic heterocycles. The molecule has 1 aliphatic carbocycles. The van der Waals surface area contributed by atoms with Crippen molar-refractivity contribution in [3.05, 3.63) is 52.3 Å². The average Bonchev–Trinajstić information content (AvgIpc) is 3.13. The third-order valence-corrected chi connectivity index (χ3v) is 7.15. The lowest BCUT2D eigenvalue weighted by Crippen LogP contribution is -2.57. The van der Waals surface area contributed by atoms with Gasteiger partial charge < -0.3 is 9.47 Å². The third-order valence-electron chi connectivity index (χ3n) is 6.90. The number of nitrogens with zero attached hydrogens (tertiary/aromatic N) is 3. The van der Waals surface area contributed by atoms with Gasteiger partial charge in [-0.3, -0.25) is 9.58 Å². The lowest BCUT2D eigenvalue weighted by atomic mass is 9.82. The van der Waals surface area contributed by atoms with Crippen LogP contribution in [0.25, 0.3) is 0 Å². The molecule has 0 spiro atoms. The predicted octanol–water partition coefficient (Wildman–Crippen LogP) is 3.89. The lowest BCUT2D eigenvalue weighted by Gasteiger charge is -2.45. The van der Waals surface area contributed by atoms with E-state index in [2.05, 4.69) is 30.0 Å². The first-order valence-electron chi connectivity index (χ1n) is 11.1. The Morgan fingerprint density at radius 2 is 1.94 bits per heavy atom. The Kier molecular flexibility index (Phi) is 6.99. The second kappa shape index (κ2) is 9.72. The van der Waals surface area contributed by atoms with Crippen LogP contribution in [-0.4, -0.2) is 59.1 Å². The molecule has 1 aromatic heterocycles. The maximum Gasteiger partial charge on any atom is 0.336 e. The number of hydrogen-bond acceptors (Lipinski definition) is 5. The number of halogens is 1. The summed E-state index contributed by atoms with van der Waals surface area (Å²) in [5.41, 5.74) is 3.65. The number of esters is 1. The van der Waals surface area contributed by atoms with E-state index in [4.69, 9.17) is 26.2 Å². The third kappa shape index (κ3) is 5.13. The molecule has 6 nitrogen and oxygen atoms in total. The Hall–Kier alpha value is -1.89. The van der Waals surface area contributed by atoms with Gasteiger partial charge in [0.1, 0.15) is 0 Å². The molecule has 2 unspecified atom stereocenters. The molecule has 2 aliphatic rings. The van der Waals surface area contributed by atoms with Gasteiger partial charge in [-0.2, -0.15) is 5.10 Å². The van der Waals surface area contributed by atoms with Gasteiger partial charge in [-0.05, 0) is 62.8 Å². The molecule has 0 radical (unpaired) electrons. The zero-order chi connectivity index (χ0) is 22.0. The summed E-state index contributed by atoms with van der Waals surface area (Å²) in [5, 5.41) is 5.45. The van der Waals surface area contributed by atoms with Crippen molar-refractivity contribution in [2.24, 2.45) is 7.05 Å². The van der Waals surface area contributed by atoms with Gasteiger partial charge in [0.25, 0.3) is 0 Å². The molecular formula is C24H32ClN3O3. The van der Waals surface area contributed by atoms with Gasteiger partial charge in [0.05, 0.1) is 19.4 Å². The minimum absolute atomic E-state index is 0.237. The predicted molar refractivity (Wildman–Crippen MR) is 120 cm³/mol. The molecule has 7 heteroatoms. The maximum atomic E-state index is 12.2. The molecule has 1 saturated carbocycles. The van der Waals surface area contributed by atoms with Crippen LogP contribution in [0, 0.1) is 6.92 Å². The van der Waals surface area contributed by atoms with Gasteiger partial charge in [-0.1, -0.05) is 23.7 Å². The first-order chi connectivity index (χ1) is 14.9. The average molecular weight is 446 g/mol. The van der Waals surface area contributed by atoms with E-state index in [1.54, 1.807) is 0 Å². The summed E-state index contributed by atoms with van der Waals surface area (Å²) in [7, 11) is 3.43. The molecule has 0 amide bonds. The fourth-order valence-electron chi connectivity index (χ4n) is 5.00. The van der Waals surface area contributed by atoms with Gasteiger partial charge in [0, 0.05) is 42.3 Å². The summed E-state index contributed by atoms with van der Waals surface area (Å²) in [6.07, 6.45) is 4.81. The van der Waals surface area contributed by atoms with E-state index in [0.717, 1.165) is 37.1 Å². The topological polar surface area (TPSA) is 56.6 Å². The molecule has 2 fully saturated rings. The summed E-state index contributed by atoms with van der Waals surface area (Å²) in [6.45, 7) is 3.22. The number of aromatic nitrogens is 2. The molecule has 1 saturated heterocycles. The van der Waals surface area contributed by atoms with Crippen molar-refractivity contribution in [3.63, 3.8) is 0 Å². The number of methoxy groups -OCH3 is 1. The Morgan fingerprint density at radius 3 is 2.55 bits per heavy atom. The van der Waals surface area contributed by atoms with E-state index in [1.807, 2.05) is 23.9 Å². The number of rotatable bonds is 5. The number of morpholine rings is 1. The van der Waals surface area contributed by atoms with E-state index in [0.29, 0.717) is 25.1 Å². The summed E-state index contributed by atoms with van der Waals surface area (Å²) < 4.78 is 12.8. The molecule has 2 aromatic rings. The largest absolute Gasteiger partial charge is 0.467 e. The fraction of sp³-hybridized carbons (Fsp3) is 0.583. The van der Waals surface area contributed by atoms with Crippen LogP contribution in [0.3, 0.4) is 0 Å². The molecule has 2 atom stereocenters. The Labute approximate surface area is 189 Å². The van der Waals surface area contributed by atoms with Crippen molar-refractivity contribution in [2.75, 3.05) is 20.3 Å². The molecule has 0 bridgehead atoms. The zero-order valence-corrected chi connectivity index (χ0v) is 19.3. The van der Waals surface area contributed by atoms with E-state index in [1.165, 1.54) is 24.1 Å².